The first kappa shape index (κ1) is 17.0. The largest absolute Gasteiger partial charge is 0.481 e. The van der Waals surface area contributed by atoms with Gasteiger partial charge in [-0.3, -0.25) is 4.79 Å². The van der Waals surface area contributed by atoms with Crippen LogP contribution in [0.4, 0.5) is 0 Å². The maximum atomic E-state index is 11.9. The van der Waals surface area contributed by atoms with Gasteiger partial charge in [-0.2, -0.15) is 0 Å². The minimum Gasteiger partial charge on any atom is -0.481 e. The summed E-state index contributed by atoms with van der Waals surface area (Å²) in [5, 5.41) is 2.86. The molecule has 0 heterocycles. The standard InChI is InChI=1S/C15H23BrN2O2/c1-9(2)8-18-15(19)11(4)20-14-7-12(16)5-6-13(14)10(3)17/h5-7,9-11H,8,17H2,1-4H3,(H,18,19)/t10-,11?/m0/s1. The summed E-state index contributed by atoms with van der Waals surface area (Å²) in [5.74, 6) is 0.938. The van der Waals surface area contributed by atoms with Gasteiger partial charge in [0, 0.05) is 22.6 Å². The molecule has 0 saturated heterocycles. The second-order valence-corrected chi connectivity index (χ2v) is 6.29. The minimum absolute atomic E-state index is 0.116. The fraction of sp³-hybridized carbons (Fsp3) is 0.533. The number of hydrogen-bond donors (Lipinski definition) is 2. The van der Waals surface area contributed by atoms with Gasteiger partial charge in [-0.05, 0) is 31.9 Å². The molecule has 0 aromatic heterocycles. The molecule has 1 rings (SSSR count). The summed E-state index contributed by atoms with van der Waals surface area (Å²) in [5.41, 5.74) is 6.80. The fourth-order valence-corrected chi connectivity index (χ4v) is 2.02. The molecule has 112 valence electrons. The number of carbonyl (C=O) groups excluding carboxylic acids is 1. The number of nitrogens with two attached hydrogens (primary N) is 1. The lowest BCUT2D eigenvalue weighted by Crippen LogP contribution is -2.38. The minimum atomic E-state index is -0.555. The van der Waals surface area contributed by atoms with Gasteiger partial charge >= 0.3 is 0 Å². The van der Waals surface area contributed by atoms with Gasteiger partial charge in [0.05, 0.1) is 0 Å². The molecule has 0 saturated carbocycles. The number of carbonyl (C=O) groups is 1. The monoisotopic (exact) mass is 342 g/mol. The summed E-state index contributed by atoms with van der Waals surface area (Å²) in [6, 6.07) is 5.51. The molecular formula is C15H23BrN2O2. The van der Waals surface area contributed by atoms with Crippen LogP contribution in [0.5, 0.6) is 5.75 Å². The Morgan fingerprint density at radius 2 is 2.00 bits per heavy atom. The van der Waals surface area contributed by atoms with E-state index >= 15 is 0 Å². The van der Waals surface area contributed by atoms with Gasteiger partial charge in [-0.1, -0.05) is 35.8 Å². The van der Waals surface area contributed by atoms with Crippen molar-refractivity contribution in [2.24, 2.45) is 11.7 Å². The van der Waals surface area contributed by atoms with Crippen LogP contribution in [0.1, 0.15) is 39.3 Å². The molecule has 2 atom stereocenters. The summed E-state index contributed by atoms with van der Waals surface area (Å²) >= 11 is 3.40. The molecule has 0 spiro atoms. The highest BCUT2D eigenvalue weighted by Crippen LogP contribution is 2.28. The van der Waals surface area contributed by atoms with Crippen LogP contribution in [0.2, 0.25) is 0 Å². The summed E-state index contributed by atoms with van der Waals surface area (Å²) in [7, 11) is 0. The molecule has 4 nitrogen and oxygen atoms in total. The lowest BCUT2D eigenvalue weighted by molar-refractivity contribution is -0.127. The van der Waals surface area contributed by atoms with E-state index in [9.17, 15) is 4.79 Å². The van der Waals surface area contributed by atoms with Crippen molar-refractivity contribution >= 4 is 21.8 Å². The van der Waals surface area contributed by atoms with Crippen molar-refractivity contribution in [1.82, 2.24) is 5.32 Å². The SMILES string of the molecule is CC(C)CNC(=O)C(C)Oc1cc(Br)ccc1[C@H](C)N. The third-order valence-corrected chi connectivity index (χ3v) is 3.32. The topological polar surface area (TPSA) is 64.3 Å². The molecule has 0 radical (unpaired) electrons. The van der Waals surface area contributed by atoms with Gasteiger partial charge in [-0.25, -0.2) is 0 Å². The van der Waals surface area contributed by atoms with Crippen molar-refractivity contribution in [1.29, 1.82) is 0 Å². The van der Waals surface area contributed by atoms with Crippen molar-refractivity contribution in [3.63, 3.8) is 0 Å². The van der Waals surface area contributed by atoms with Gasteiger partial charge in [0.15, 0.2) is 6.10 Å². The molecule has 0 aliphatic carbocycles. The summed E-state index contributed by atoms with van der Waals surface area (Å²) in [6.45, 7) is 8.37. The van der Waals surface area contributed by atoms with E-state index in [2.05, 4.69) is 21.2 Å². The summed E-state index contributed by atoms with van der Waals surface area (Å²) < 4.78 is 6.65. The second kappa shape index (κ2) is 7.64. The van der Waals surface area contributed by atoms with Crippen LogP contribution < -0.4 is 15.8 Å². The summed E-state index contributed by atoms with van der Waals surface area (Å²) in [6.07, 6.45) is -0.555. The van der Waals surface area contributed by atoms with Crippen molar-refractivity contribution in [3.8, 4) is 5.75 Å². The Kier molecular flexibility index (Phi) is 6.49. The zero-order valence-electron chi connectivity index (χ0n) is 12.4. The predicted molar refractivity (Wildman–Crippen MR) is 84.7 cm³/mol. The molecule has 1 unspecified atom stereocenters. The molecule has 20 heavy (non-hydrogen) atoms. The Balaban J connectivity index is 2.76. The number of ether oxygens (including phenoxy) is 1. The summed E-state index contributed by atoms with van der Waals surface area (Å²) in [4.78, 5) is 11.9. The molecule has 1 amide bonds. The van der Waals surface area contributed by atoms with Gasteiger partial charge in [0.25, 0.3) is 5.91 Å². The van der Waals surface area contributed by atoms with Crippen LogP contribution in [-0.2, 0) is 4.79 Å². The van der Waals surface area contributed by atoms with E-state index in [-0.39, 0.29) is 11.9 Å². The highest BCUT2D eigenvalue weighted by atomic mass is 79.9. The lowest BCUT2D eigenvalue weighted by atomic mass is 10.1. The van der Waals surface area contributed by atoms with Crippen LogP contribution in [0.3, 0.4) is 0 Å². The molecule has 0 aliphatic heterocycles. The molecule has 0 aliphatic rings. The van der Waals surface area contributed by atoms with Crippen LogP contribution in [-0.4, -0.2) is 18.6 Å². The zero-order valence-corrected chi connectivity index (χ0v) is 14.0. The van der Waals surface area contributed by atoms with E-state index in [1.54, 1.807) is 6.92 Å². The number of amides is 1. The number of nitrogens with one attached hydrogen (secondary N) is 1. The molecule has 0 fully saturated rings. The number of benzene rings is 1. The number of halogens is 1. The van der Waals surface area contributed by atoms with Crippen molar-refractivity contribution in [3.05, 3.63) is 28.2 Å². The lowest BCUT2D eigenvalue weighted by Gasteiger charge is -2.19. The second-order valence-electron chi connectivity index (χ2n) is 5.37. The Morgan fingerprint density at radius 1 is 1.35 bits per heavy atom. The Labute approximate surface area is 129 Å². The Hall–Kier alpha value is -1.07. The molecule has 1 aromatic carbocycles. The Morgan fingerprint density at radius 3 is 2.55 bits per heavy atom. The van der Waals surface area contributed by atoms with E-state index in [1.165, 1.54) is 0 Å². The van der Waals surface area contributed by atoms with E-state index in [0.29, 0.717) is 18.2 Å². The average molecular weight is 343 g/mol. The first-order valence-corrected chi connectivity index (χ1v) is 7.60. The quantitative estimate of drug-likeness (QED) is 0.835. The fourth-order valence-electron chi connectivity index (χ4n) is 1.68. The third-order valence-electron chi connectivity index (χ3n) is 2.82. The van der Waals surface area contributed by atoms with Gasteiger partial charge in [0.1, 0.15) is 5.75 Å². The van der Waals surface area contributed by atoms with Gasteiger partial charge < -0.3 is 15.8 Å². The first-order valence-electron chi connectivity index (χ1n) is 6.80. The average Bonchev–Trinajstić information content (AvgIpc) is 2.35. The predicted octanol–water partition coefficient (Wildman–Crippen LogP) is 3.01. The number of hydrogen-bond acceptors (Lipinski definition) is 3. The normalized spacial score (nSPS) is 13.9. The maximum Gasteiger partial charge on any atom is 0.260 e. The van der Waals surface area contributed by atoms with Crippen LogP contribution >= 0.6 is 15.9 Å². The van der Waals surface area contributed by atoms with E-state index in [1.807, 2.05) is 39.0 Å². The Bertz CT molecular complexity index is 461. The van der Waals surface area contributed by atoms with E-state index in [0.717, 1.165) is 10.0 Å². The van der Waals surface area contributed by atoms with Crippen molar-refractivity contribution < 1.29 is 9.53 Å². The molecule has 0 bridgehead atoms. The smallest absolute Gasteiger partial charge is 0.260 e. The van der Waals surface area contributed by atoms with E-state index in [4.69, 9.17) is 10.5 Å². The third kappa shape index (κ3) is 5.13. The van der Waals surface area contributed by atoms with Crippen molar-refractivity contribution in [2.45, 2.75) is 39.8 Å². The van der Waals surface area contributed by atoms with Crippen LogP contribution in [0, 0.1) is 5.92 Å². The molecular weight excluding hydrogens is 320 g/mol. The van der Waals surface area contributed by atoms with E-state index < -0.39 is 6.10 Å². The highest BCUT2D eigenvalue weighted by molar-refractivity contribution is 9.10. The highest BCUT2D eigenvalue weighted by Gasteiger charge is 2.17. The maximum absolute atomic E-state index is 11.9. The molecule has 1 aromatic rings. The molecule has 3 N–H and O–H groups in total. The zero-order chi connectivity index (χ0) is 15.3. The number of rotatable bonds is 6. The van der Waals surface area contributed by atoms with Crippen LogP contribution in [0.15, 0.2) is 22.7 Å². The van der Waals surface area contributed by atoms with Crippen molar-refractivity contribution in [2.75, 3.05) is 6.54 Å². The van der Waals surface area contributed by atoms with Gasteiger partial charge in [0.2, 0.25) is 0 Å². The first-order chi connectivity index (χ1) is 9.31. The van der Waals surface area contributed by atoms with Crippen LogP contribution in [0.25, 0.3) is 0 Å². The van der Waals surface area contributed by atoms with Gasteiger partial charge in [-0.15, -0.1) is 0 Å². The molecule has 5 heteroatoms.